The highest BCUT2D eigenvalue weighted by Gasteiger charge is 2.16. The number of halogens is 1. The smallest absolute Gasteiger partial charge is 0.337 e. The molecule has 1 aromatic carbocycles. The van der Waals surface area contributed by atoms with Crippen molar-refractivity contribution in [2.24, 2.45) is 0 Å². The first kappa shape index (κ1) is 15.2. The molecule has 0 unspecified atom stereocenters. The number of carboxylic acid groups (broad SMARTS) is 1. The average Bonchev–Trinajstić information content (AvgIpc) is 2.28. The first-order chi connectivity index (χ1) is 8.35. The van der Waals surface area contributed by atoms with Crippen molar-refractivity contribution in [1.29, 1.82) is 0 Å². The van der Waals surface area contributed by atoms with Gasteiger partial charge in [-0.15, -0.1) is 0 Å². The second-order valence-electron chi connectivity index (χ2n) is 3.77. The molecule has 0 fully saturated rings. The number of carboxylic acids is 1. The van der Waals surface area contributed by atoms with Gasteiger partial charge in [-0.3, -0.25) is 4.72 Å². The zero-order valence-corrected chi connectivity index (χ0v) is 12.8. The molecule has 0 heterocycles. The van der Waals surface area contributed by atoms with E-state index >= 15 is 0 Å². The van der Waals surface area contributed by atoms with Crippen molar-refractivity contribution in [2.75, 3.05) is 10.5 Å². The van der Waals surface area contributed by atoms with E-state index in [1.54, 1.807) is 6.07 Å². The van der Waals surface area contributed by atoms with Crippen LogP contribution in [0.5, 0.6) is 0 Å². The van der Waals surface area contributed by atoms with E-state index in [0.29, 0.717) is 6.42 Å². The number of sulfonamides is 1. The summed E-state index contributed by atoms with van der Waals surface area (Å²) in [7, 11) is -3.48. The molecule has 0 aliphatic rings. The van der Waals surface area contributed by atoms with Crippen molar-refractivity contribution in [3.8, 4) is 0 Å². The molecule has 2 N–H and O–H groups in total. The fourth-order valence-electron chi connectivity index (χ4n) is 1.34. The van der Waals surface area contributed by atoms with Crippen LogP contribution in [0, 0.1) is 3.57 Å². The summed E-state index contributed by atoms with van der Waals surface area (Å²) in [6, 6.07) is 4.56. The molecule has 7 heteroatoms. The van der Waals surface area contributed by atoms with Crippen LogP contribution in [0.3, 0.4) is 0 Å². The SMILES string of the molecule is CCCCS(=O)(=O)Nc1ccc(I)cc1C(=O)O. The molecule has 0 saturated heterocycles. The van der Waals surface area contributed by atoms with Crippen molar-refractivity contribution in [2.45, 2.75) is 19.8 Å². The summed E-state index contributed by atoms with van der Waals surface area (Å²) >= 11 is 1.97. The van der Waals surface area contributed by atoms with Gasteiger partial charge in [-0.2, -0.15) is 0 Å². The lowest BCUT2D eigenvalue weighted by Gasteiger charge is -2.10. The Morgan fingerprint density at radius 2 is 2.11 bits per heavy atom. The third-order valence-electron chi connectivity index (χ3n) is 2.24. The number of rotatable bonds is 6. The average molecular weight is 383 g/mol. The van der Waals surface area contributed by atoms with Crippen LogP contribution in [0.1, 0.15) is 30.1 Å². The van der Waals surface area contributed by atoms with Gasteiger partial charge in [0.15, 0.2) is 0 Å². The molecule has 0 radical (unpaired) electrons. The Hall–Kier alpha value is -0.830. The molecular formula is C11H14INO4S. The predicted octanol–water partition coefficient (Wildman–Crippen LogP) is 2.53. The van der Waals surface area contributed by atoms with Crippen LogP contribution >= 0.6 is 22.6 Å². The summed E-state index contributed by atoms with van der Waals surface area (Å²) in [6.07, 6.45) is 1.31. The summed E-state index contributed by atoms with van der Waals surface area (Å²) in [4.78, 5) is 11.0. The molecule has 0 aliphatic carbocycles. The first-order valence-electron chi connectivity index (χ1n) is 5.39. The lowest BCUT2D eigenvalue weighted by molar-refractivity contribution is 0.0698. The van der Waals surface area contributed by atoms with Crippen LogP contribution in [0.2, 0.25) is 0 Å². The Labute approximate surface area is 120 Å². The van der Waals surface area contributed by atoms with E-state index in [-0.39, 0.29) is 17.0 Å². The molecule has 100 valence electrons. The van der Waals surface area contributed by atoms with Gasteiger partial charge in [-0.25, -0.2) is 13.2 Å². The molecule has 0 bridgehead atoms. The Morgan fingerprint density at radius 1 is 1.44 bits per heavy atom. The lowest BCUT2D eigenvalue weighted by Crippen LogP contribution is -2.18. The van der Waals surface area contributed by atoms with Crippen molar-refractivity contribution in [1.82, 2.24) is 0 Å². The Morgan fingerprint density at radius 3 is 2.67 bits per heavy atom. The highest BCUT2D eigenvalue weighted by atomic mass is 127. The van der Waals surface area contributed by atoms with Gasteiger partial charge in [0.1, 0.15) is 0 Å². The maximum Gasteiger partial charge on any atom is 0.337 e. The zero-order chi connectivity index (χ0) is 13.8. The van der Waals surface area contributed by atoms with Crippen LogP contribution in [0.15, 0.2) is 18.2 Å². The van der Waals surface area contributed by atoms with E-state index in [4.69, 9.17) is 5.11 Å². The van der Waals surface area contributed by atoms with Crippen LogP contribution in [0.25, 0.3) is 0 Å². The van der Waals surface area contributed by atoms with E-state index in [1.165, 1.54) is 12.1 Å². The number of aromatic carboxylic acids is 1. The number of unbranched alkanes of at least 4 members (excludes halogenated alkanes) is 1. The van der Waals surface area contributed by atoms with Crippen LogP contribution in [-0.2, 0) is 10.0 Å². The molecular weight excluding hydrogens is 369 g/mol. The van der Waals surface area contributed by atoms with Crippen molar-refractivity contribution in [3.05, 3.63) is 27.3 Å². The summed E-state index contributed by atoms with van der Waals surface area (Å²) in [6.45, 7) is 1.89. The molecule has 0 aliphatic heterocycles. The van der Waals surface area contributed by atoms with E-state index in [1.807, 2.05) is 29.5 Å². The minimum atomic E-state index is -3.48. The number of carbonyl (C=O) groups is 1. The number of benzene rings is 1. The maximum absolute atomic E-state index is 11.7. The largest absolute Gasteiger partial charge is 0.478 e. The number of nitrogens with one attached hydrogen (secondary N) is 1. The third kappa shape index (κ3) is 4.45. The van der Waals surface area contributed by atoms with Gasteiger partial charge in [-0.05, 0) is 47.2 Å². The number of hydrogen-bond donors (Lipinski definition) is 2. The minimum Gasteiger partial charge on any atom is -0.478 e. The van der Waals surface area contributed by atoms with Gasteiger partial charge >= 0.3 is 5.97 Å². The molecule has 0 amide bonds. The molecule has 0 spiro atoms. The van der Waals surface area contributed by atoms with E-state index in [0.717, 1.165) is 9.99 Å². The highest BCUT2D eigenvalue weighted by molar-refractivity contribution is 14.1. The predicted molar refractivity (Wildman–Crippen MR) is 78.4 cm³/mol. The maximum atomic E-state index is 11.7. The molecule has 5 nitrogen and oxygen atoms in total. The monoisotopic (exact) mass is 383 g/mol. The normalized spacial score (nSPS) is 11.2. The second-order valence-corrected chi connectivity index (χ2v) is 6.86. The molecule has 18 heavy (non-hydrogen) atoms. The fraction of sp³-hybridized carbons (Fsp3) is 0.364. The van der Waals surface area contributed by atoms with E-state index in [9.17, 15) is 13.2 Å². The molecule has 0 saturated carbocycles. The lowest BCUT2D eigenvalue weighted by atomic mass is 10.2. The van der Waals surface area contributed by atoms with Crippen LogP contribution < -0.4 is 4.72 Å². The van der Waals surface area contributed by atoms with Crippen LogP contribution in [-0.4, -0.2) is 25.2 Å². The summed E-state index contributed by atoms with van der Waals surface area (Å²) in [5.74, 6) is -1.16. The van der Waals surface area contributed by atoms with Gasteiger partial charge in [-0.1, -0.05) is 13.3 Å². The Bertz CT molecular complexity index is 542. The number of anilines is 1. The standard InChI is InChI=1S/C11H14INO4S/c1-2-3-6-18(16,17)13-10-5-4-8(12)7-9(10)11(14)15/h4-5,7,13H,2-3,6H2,1H3,(H,14,15). The van der Waals surface area contributed by atoms with Gasteiger partial charge < -0.3 is 5.11 Å². The third-order valence-corrected chi connectivity index (χ3v) is 4.27. The van der Waals surface area contributed by atoms with Gasteiger partial charge in [0, 0.05) is 3.57 Å². The molecule has 1 rings (SSSR count). The minimum absolute atomic E-state index is 0.00541. The van der Waals surface area contributed by atoms with Gasteiger partial charge in [0.2, 0.25) is 10.0 Å². The van der Waals surface area contributed by atoms with Gasteiger partial charge in [0.25, 0.3) is 0 Å². The van der Waals surface area contributed by atoms with Crippen molar-refractivity contribution in [3.63, 3.8) is 0 Å². The topological polar surface area (TPSA) is 83.5 Å². The molecule has 1 aromatic rings. The zero-order valence-electron chi connectivity index (χ0n) is 9.81. The second kappa shape index (κ2) is 6.37. The Kier molecular flexibility index (Phi) is 5.39. The van der Waals surface area contributed by atoms with E-state index in [2.05, 4.69) is 4.72 Å². The summed E-state index contributed by atoms with van der Waals surface area (Å²) in [5.41, 5.74) is 0.0704. The molecule has 0 atom stereocenters. The van der Waals surface area contributed by atoms with Gasteiger partial charge in [0.05, 0.1) is 17.0 Å². The van der Waals surface area contributed by atoms with E-state index < -0.39 is 16.0 Å². The van der Waals surface area contributed by atoms with Crippen LogP contribution in [0.4, 0.5) is 5.69 Å². The summed E-state index contributed by atoms with van der Waals surface area (Å²) < 4.78 is 26.5. The molecule has 0 aromatic heterocycles. The van der Waals surface area contributed by atoms with Crippen molar-refractivity contribution >= 4 is 44.3 Å². The first-order valence-corrected chi connectivity index (χ1v) is 8.12. The summed E-state index contributed by atoms with van der Waals surface area (Å²) in [5, 5.41) is 9.02. The quantitative estimate of drug-likeness (QED) is 0.740. The Balaban J connectivity index is 3.01. The van der Waals surface area contributed by atoms with Crippen molar-refractivity contribution < 1.29 is 18.3 Å². The fourth-order valence-corrected chi connectivity index (χ4v) is 3.11. The highest BCUT2D eigenvalue weighted by Crippen LogP contribution is 2.20. The number of hydrogen-bond acceptors (Lipinski definition) is 3.